The molecule has 0 aliphatic carbocycles. The number of carbonyl (C=O) groups is 2. The summed E-state index contributed by atoms with van der Waals surface area (Å²) in [5, 5.41) is 16.4. The Bertz CT molecular complexity index is 1910. The summed E-state index contributed by atoms with van der Waals surface area (Å²) in [6.45, 7) is -0.257. The van der Waals surface area contributed by atoms with Crippen molar-refractivity contribution in [2.75, 3.05) is 11.9 Å². The first-order valence-electron chi connectivity index (χ1n) is 13.0. The molecule has 0 atom stereocenters. The van der Waals surface area contributed by atoms with Crippen LogP contribution >= 0.6 is 27.7 Å². The molecule has 0 bridgehead atoms. The Morgan fingerprint density at radius 2 is 1.87 bits per heavy atom. The van der Waals surface area contributed by atoms with Gasteiger partial charge in [0.05, 0.1) is 28.8 Å². The summed E-state index contributed by atoms with van der Waals surface area (Å²) in [6.07, 6.45) is 4.58. The average Bonchev–Trinajstić information content (AvgIpc) is 3.62. The summed E-state index contributed by atoms with van der Waals surface area (Å²) in [7, 11) is -3.86. The third kappa shape index (κ3) is 8.54. The molecular weight excluding hydrogens is 689 g/mol. The Morgan fingerprint density at radius 1 is 1.11 bits per heavy atom. The van der Waals surface area contributed by atoms with Crippen molar-refractivity contribution < 1.29 is 31.6 Å². The molecule has 3 aromatic carbocycles. The number of nitrogens with two attached hydrogens (primary N) is 1. The van der Waals surface area contributed by atoms with Gasteiger partial charge in [0.1, 0.15) is 17.3 Å². The second-order valence-electron chi connectivity index (χ2n) is 9.35. The SMILES string of the molecule is NS(=O)(=O)c1ccc(NC(=O)COc2ccc(Br)cc2/C=C2\S/C(=N/N=C\c3ccc(F)cc3)N(Cc3ccco3)C2=O)cc1. The zero-order chi connectivity index (χ0) is 32.0. The number of nitrogens with one attached hydrogen (secondary N) is 1. The topological polar surface area (TPSA) is 157 Å². The van der Waals surface area contributed by atoms with Gasteiger partial charge < -0.3 is 14.5 Å². The van der Waals surface area contributed by atoms with Crippen molar-refractivity contribution in [1.29, 1.82) is 0 Å². The Morgan fingerprint density at radius 3 is 2.56 bits per heavy atom. The number of ether oxygens (including phenoxy) is 1. The number of halogens is 2. The standard InChI is InChI=1S/C30H23BrFN5O6S2/c31-21-5-12-26(43-18-28(38)35-23-8-10-25(11-9-23)45(33,40)41)20(14-21)15-27-29(39)37(17-24-2-1-13-42-24)30(44-27)36-34-16-19-3-6-22(32)7-4-19/h1-16H,17-18H2,(H,35,38)(H2,33,40,41)/b27-15-,34-16-,36-30+. The molecule has 2 amide bonds. The maximum Gasteiger partial charge on any atom is 0.267 e. The van der Waals surface area contributed by atoms with Gasteiger partial charge in [0.2, 0.25) is 10.0 Å². The molecule has 1 aromatic heterocycles. The van der Waals surface area contributed by atoms with Crippen molar-refractivity contribution >= 4 is 72.7 Å². The van der Waals surface area contributed by atoms with Gasteiger partial charge in [0.25, 0.3) is 11.8 Å². The van der Waals surface area contributed by atoms with E-state index in [1.165, 1.54) is 53.8 Å². The number of hydrogen-bond acceptors (Lipinski definition) is 9. The van der Waals surface area contributed by atoms with Gasteiger partial charge in [-0.3, -0.25) is 14.5 Å². The molecule has 4 aromatic rings. The summed E-state index contributed by atoms with van der Waals surface area (Å²) in [4.78, 5) is 27.8. The minimum Gasteiger partial charge on any atom is -0.483 e. The summed E-state index contributed by atoms with van der Waals surface area (Å²) in [6, 6.07) is 19.7. The number of carbonyl (C=O) groups excluding carboxylic acids is 2. The van der Waals surface area contributed by atoms with E-state index in [2.05, 4.69) is 31.4 Å². The fraction of sp³-hybridized carbons (Fsp3) is 0.0667. The summed E-state index contributed by atoms with van der Waals surface area (Å²) in [5.41, 5.74) is 1.50. The number of amidine groups is 1. The van der Waals surface area contributed by atoms with Gasteiger partial charge in [-0.1, -0.05) is 28.1 Å². The van der Waals surface area contributed by atoms with Crippen molar-refractivity contribution in [1.82, 2.24) is 4.90 Å². The molecular formula is C30H23BrFN5O6S2. The molecule has 45 heavy (non-hydrogen) atoms. The van der Waals surface area contributed by atoms with E-state index in [0.717, 1.165) is 11.8 Å². The molecule has 15 heteroatoms. The van der Waals surface area contributed by atoms with Crippen molar-refractivity contribution in [3.63, 3.8) is 0 Å². The van der Waals surface area contributed by atoms with Gasteiger partial charge in [-0.15, -0.1) is 5.10 Å². The predicted octanol–water partition coefficient (Wildman–Crippen LogP) is 5.35. The lowest BCUT2D eigenvalue weighted by Crippen LogP contribution is -2.28. The lowest BCUT2D eigenvalue weighted by Gasteiger charge is -2.13. The van der Waals surface area contributed by atoms with Crippen molar-refractivity contribution in [3.8, 4) is 5.75 Å². The molecule has 1 aliphatic rings. The Labute approximate surface area is 269 Å². The highest BCUT2D eigenvalue weighted by molar-refractivity contribution is 9.10. The zero-order valence-electron chi connectivity index (χ0n) is 23.1. The second kappa shape index (κ2) is 14.0. The number of hydrogen-bond donors (Lipinski definition) is 2. The van der Waals surface area contributed by atoms with Gasteiger partial charge >= 0.3 is 0 Å². The first-order chi connectivity index (χ1) is 21.5. The molecule has 1 fully saturated rings. The monoisotopic (exact) mass is 711 g/mol. The maximum atomic E-state index is 13.5. The second-order valence-corrected chi connectivity index (χ2v) is 12.8. The molecule has 0 unspecified atom stereocenters. The van der Waals surface area contributed by atoms with E-state index in [1.54, 1.807) is 48.5 Å². The van der Waals surface area contributed by atoms with Crippen LogP contribution in [0.1, 0.15) is 16.9 Å². The van der Waals surface area contributed by atoms with Crippen LogP contribution in [0.2, 0.25) is 0 Å². The molecule has 0 radical (unpaired) electrons. The van der Waals surface area contributed by atoms with Gasteiger partial charge in [-0.2, -0.15) is 5.10 Å². The van der Waals surface area contributed by atoms with E-state index >= 15 is 0 Å². The van der Waals surface area contributed by atoms with E-state index in [4.69, 9.17) is 14.3 Å². The number of rotatable bonds is 10. The number of primary sulfonamides is 1. The Kier molecular flexibility index (Phi) is 9.93. The van der Waals surface area contributed by atoms with E-state index in [9.17, 15) is 22.4 Å². The Hall–Kier alpha value is -4.57. The number of amides is 2. The largest absolute Gasteiger partial charge is 0.483 e. The van der Waals surface area contributed by atoms with E-state index in [0.29, 0.717) is 42.9 Å². The van der Waals surface area contributed by atoms with Crippen molar-refractivity contribution in [3.05, 3.63) is 117 Å². The van der Waals surface area contributed by atoms with Crippen LogP contribution in [0, 0.1) is 5.82 Å². The molecule has 0 spiro atoms. The van der Waals surface area contributed by atoms with Crippen molar-refractivity contribution in [2.24, 2.45) is 15.3 Å². The van der Waals surface area contributed by atoms with Crippen LogP contribution in [0.4, 0.5) is 10.1 Å². The highest BCUT2D eigenvalue weighted by Gasteiger charge is 2.34. The lowest BCUT2D eigenvalue weighted by atomic mass is 10.2. The summed E-state index contributed by atoms with van der Waals surface area (Å²) >= 11 is 4.53. The van der Waals surface area contributed by atoms with Crippen molar-refractivity contribution in [2.45, 2.75) is 11.4 Å². The number of sulfonamides is 1. The Balaban J connectivity index is 1.34. The van der Waals surface area contributed by atoms with Crippen LogP contribution < -0.4 is 15.2 Å². The summed E-state index contributed by atoms with van der Waals surface area (Å²) < 4.78 is 48.1. The predicted molar refractivity (Wildman–Crippen MR) is 172 cm³/mol. The summed E-state index contributed by atoms with van der Waals surface area (Å²) in [5.74, 6) is -0.347. The number of furan rings is 1. The minimum absolute atomic E-state index is 0.0840. The number of benzene rings is 3. The van der Waals surface area contributed by atoms with Crippen LogP contribution in [0.25, 0.3) is 6.08 Å². The minimum atomic E-state index is -3.86. The molecule has 1 saturated heterocycles. The third-order valence-electron chi connectivity index (χ3n) is 6.09. The van der Waals surface area contributed by atoms with Gasteiger partial charge in [0.15, 0.2) is 11.8 Å². The first-order valence-corrected chi connectivity index (χ1v) is 16.2. The fourth-order valence-corrected chi connectivity index (χ4v) is 5.77. The molecule has 5 rings (SSSR count). The number of thioether (sulfide) groups is 1. The quantitative estimate of drug-likeness (QED) is 0.128. The molecule has 230 valence electrons. The molecule has 3 N–H and O–H groups in total. The third-order valence-corrected chi connectivity index (χ3v) is 8.51. The smallest absolute Gasteiger partial charge is 0.267 e. The highest BCUT2D eigenvalue weighted by atomic mass is 79.9. The maximum absolute atomic E-state index is 13.5. The zero-order valence-corrected chi connectivity index (χ0v) is 26.3. The molecule has 2 heterocycles. The van der Waals surface area contributed by atoms with Gasteiger partial charge in [-0.05, 0) is 90.1 Å². The fourth-order valence-electron chi connectivity index (χ4n) is 3.95. The molecule has 11 nitrogen and oxygen atoms in total. The first kappa shape index (κ1) is 31.8. The van der Waals surface area contributed by atoms with Crippen LogP contribution in [0.5, 0.6) is 5.75 Å². The van der Waals surface area contributed by atoms with Crippen LogP contribution in [0.15, 0.2) is 114 Å². The lowest BCUT2D eigenvalue weighted by molar-refractivity contribution is -0.122. The highest BCUT2D eigenvalue weighted by Crippen LogP contribution is 2.36. The van der Waals surface area contributed by atoms with Gasteiger partial charge in [-0.25, -0.2) is 17.9 Å². The normalized spacial score (nSPS) is 15.4. The number of nitrogens with zero attached hydrogens (tertiary/aromatic N) is 3. The van der Waals surface area contributed by atoms with E-state index in [1.807, 2.05) is 0 Å². The average molecular weight is 713 g/mol. The van der Waals surface area contributed by atoms with Gasteiger partial charge in [0, 0.05) is 15.7 Å². The van der Waals surface area contributed by atoms with E-state index < -0.39 is 15.9 Å². The molecule has 1 aliphatic heterocycles. The molecule has 0 saturated carbocycles. The van der Waals surface area contributed by atoms with E-state index in [-0.39, 0.29) is 29.8 Å². The van der Waals surface area contributed by atoms with Crippen LogP contribution in [0.3, 0.4) is 0 Å². The van der Waals surface area contributed by atoms with Crippen LogP contribution in [-0.4, -0.2) is 43.1 Å². The van der Waals surface area contributed by atoms with Crippen LogP contribution in [-0.2, 0) is 26.2 Å². The number of anilines is 1.